The second-order valence-electron chi connectivity index (χ2n) is 6.98. The molecule has 144 valence electrons. The molecule has 0 bridgehead atoms. The van der Waals surface area contributed by atoms with Crippen LogP contribution < -0.4 is 0 Å². The van der Waals surface area contributed by atoms with E-state index in [1.54, 1.807) is 32.3 Å². The maximum atomic E-state index is 13.2. The molecule has 28 heavy (non-hydrogen) atoms. The minimum Gasteiger partial charge on any atom is -0.348 e. The summed E-state index contributed by atoms with van der Waals surface area (Å²) >= 11 is 1.46. The molecular formula is C21H21N3O3S. The highest BCUT2D eigenvalue weighted by Crippen LogP contribution is 2.44. The molecule has 1 aromatic heterocycles. The van der Waals surface area contributed by atoms with Crippen LogP contribution in [0.4, 0.5) is 5.69 Å². The number of amides is 1. The predicted molar refractivity (Wildman–Crippen MR) is 112 cm³/mol. The Morgan fingerprint density at radius 1 is 1.29 bits per heavy atom. The summed E-state index contributed by atoms with van der Waals surface area (Å²) in [7, 11) is 3.39. The van der Waals surface area contributed by atoms with Crippen molar-refractivity contribution in [3.05, 3.63) is 81.9 Å². The quantitative estimate of drug-likeness (QED) is 0.349. The zero-order valence-electron chi connectivity index (χ0n) is 16.0. The van der Waals surface area contributed by atoms with Gasteiger partial charge < -0.3 is 4.90 Å². The van der Waals surface area contributed by atoms with E-state index in [0.29, 0.717) is 10.6 Å². The Labute approximate surface area is 167 Å². The molecule has 0 aliphatic heterocycles. The van der Waals surface area contributed by atoms with Crippen molar-refractivity contribution in [2.75, 3.05) is 14.1 Å². The van der Waals surface area contributed by atoms with Gasteiger partial charge >= 0.3 is 0 Å². The largest absolute Gasteiger partial charge is 0.348 e. The lowest BCUT2D eigenvalue weighted by atomic mass is 9.71. The zero-order chi connectivity index (χ0) is 20.5. The fourth-order valence-corrected chi connectivity index (χ4v) is 4.44. The van der Waals surface area contributed by atoms with Crippen LogP contribution in [-0.4, -0.2) is 34.8 Å². The Kier molecular flexibility index (Phi) is 5.29. The third kappa shape index (κ3) is 3.41. The van der Waals surface area contributed by atoms with E-state index in [1.165, 1.54) is 28.4 Å². The zero-order valence-corrected chi connectivity index (χ0v) is 16.8. The van der Waals surface area contributed by atoms with Crippen molar-refractivity contribution in [1.29, 1.82) is 0 Å². The number of likely N-dealkylation sites (N-methyl/N-ethyl adjacent to an activating group) is 1. The number of allylic oxidation sites excluding steroid dienone is 1. The van der Waals surface area contributed by atoms with Crippen molar-refractivity contribution in [3.63, 3.8) is 0 Å². The van der Waals surface area contributed by atoms with Crippen LogP contribution in [0, 0.1) is 10.1 Å². The maximum Gasteiger partial charge on any atom is 0.269 e. The maximum absolute atomic E-state index is 13.2. The molecule has 0 spiro atoms. The number of carbonyl (C=O) groups excluding carboxylic acids is 1. The normalized spacial score (nSPS) is 14.2. The monoisotopic (exact) mass is 395 g/mol. The average Bonchev–Trinajstić information content (AvgIpc) is 3.11. The van der Waals surface area contributed by atoms with Gasteiger partial charge in [-0.05, 0) is 17.7 Å². The lowest BCUT2D eigenvalue weighted by Gasteiger charge is -2.35. The molecule has 0 saturated heterocycles. The minimum absolute atomic E-state index is 0.0223. The van der Waals surface area contributed by atoms with Crippen LogP contribution in [-0.2, 0) is 10.2 Å². The Morgan fingerprint density at radius 3 is 2.61 bits per heavy atom. The van der Waals surface area contributed by atoms with Gasteiger partial charge in [0.05, 0.1) is 15.1 Å². The standard InChI is InChI=1S/C21H21N3O3S/c1-5-21(2,14-9-8-10-15(13-14)24(26)27)18(20(25)23(3)4)19-22-16-11-6-7-12-17(16)28-19/h5-13,18H,1H2,2-4H3/t18-,21+/m1/s1. The van der Waals surface area contributed by atoms with E-state index in [9.17, 15) is 14.9 Å². The smallest absolute Gasteiger partial charge is 0.269 e. The predicted octanol–water partition coefficient (Wildman–Crippen LogP) is 4.52. The van der Waals surface area contributed by atoms with Gasteiger partial charge in [0.2, 0.25) is 5.91 Å². The third-order valence-corrected chi connectivity index (χ3v) is 6.05. The van der Waals surface area contributed by atoms with E-state index in [2.05, 4.69) is 6.58 Å². The molecule has 7 heteroatoms. The number of thiazole rings is 1. The van der Waals surface area contributed by atoms with Crippen LogP contribution in [0.1, 0.15) is 23.4 Å². The summed E-state index contributed by atoms with van der Waals surface area (Å²) in [6.45, 7) is 5.83. The Balaban J connectivity index is 2.22. The lowest BCUT2D eigenvalue weighted by Crippen LogP contribution is -2.40. The molecule has 2 atom stereocenters. The van der Waals surface area contributed by atoms with Crippen molar-refractivity contribution in [3.8, 4) is 0 Å². The van der Waals surface area contributed by atoms with Crippen LogP contribution in [0.2, 0.25) is 0 Å². The number of carbonyl (C=O) groups is 1. The van der Waals surface area contributed by atoms with Gasteiger partial charge in [-0.3, -0.25) is 14.9 Å². The molecule has 1 amide bonds. The van der Waals surface area contributed by atoms with Gasteiger partial charge in [-0.15, -0.1) is 17.9 Å². The molecule has 3 rings (SSSR count). The number of aromatic nitrogens is 1. The van der Waals surface area contributed by atoms with Gasteiger partial charge in [-0.1, -0.05) is 37.3 Å². The van der Waals surface area contributed by atoms with Gasteiger partial charge in [0.25, 0.3) is 5.69 Å². The third-order valence-electron chi connectivity index (χ3n) is 4.95. The van der Waals surface area contributed by atoms with E-state index in [0.717, 1.165) is 10.2 Å². The highest BCUT2D eigenvalue weighted by molar-refractivity contribution is 7.18. The number of hydrogen-bond donors (Lipinski definition) is 0. The summed E-state index contributed by atoms with van der Waals surface area (Å²) in [5, 5.41) is 11.9. The van der Waals surface area contributed by atoms with Crippen molar-refractivity contribution in [2.45, 2.75) is 18.3 Å². The summed E-state index contributed by atoms with van der Waals surface area (Å²) < 4.78 is 0.986. The molecule has 3 aromatic rings. The fraction of sp³-hybridized carbons (Fsp3) is 0.238. The summed E-state index contributed by atoms with van der Waals surface area (Å²) in [6.07, 6.45) is 1.68. The first-order chi connectivity index (χ1) is 13.3. The van der Waals surface area contributed by atoms with Crippen molar-refractivity contribution in [1.82, 2.24) is 9.88 Å². The second-order valence-corrected chi connectivity index (χ2v) is 8.04. The van der Waals surface area contributed by atoms with E-state index in [1.807, 2.05) is 31.2 Å². The number of nitro benzene ring substituents is 1. The lowest BCUT2D eigenvalue weighted by molar-refractivity contribution is -0.385. The van der Waals surface area contributed by atoms with E-state index in [4.69, 9.17) is 4.98 Å². The summed E-state index contributed by atoms with van der Waals surface area (Å²) in [5.41, 5.74) is 0.577. The van der Waals surface area contributed by atoms with Crippen LogP contribution >= 0.6 is 11.3 Å². The molecular weight excluding hydrogens is 374 g/mol. The molecule has 6 nitrogen and oxygen atoms in total. The number of fused-ring (bicyclic) bond motifs is 1. The van der Waals surface area contributed by atoms with Gasteiger partial charge in [0, 0.05) is 31.6 Å². The summed E-state index contributed by atoms with van der Waals surface area (Å²) in [4.78, 5) is 30.3. The second kappa shape index (κ2) is 7.52. The van der Waals surface area contributed by atoms with E-state index in [-0.39, 0.29) is 11.6 Å². The molecule has 0 radical (unpaired) electrons. The summed E-state index contributed by atoms with van der Waals surface area (Å²) in [6, 6.07) is 14.1. The first-order valence-electron chi connectivity index (χ1n) is 8.73. The Bertz CT molecular complexity index is 1030. The molecule has 0 saturated carbocycles. The molecule has 0 N–H and O–H groups in total. The fourth-order valence-electron chi connectivity index (χ4n) is 3.25. The topological polar surface area (TPSA) is 76.3 Å². The average molecular weight is 395 g/mol. The Hall–Kier alpha value is -3.06. The number of nitro groups is 1. The van der Waals surface area contributed by atoms with E-state index >= 15 is 0 Å². The number of benzene rings is 2. The van der Waals surface area contributed by atoms with Gasteiger partial charge in [-0.2, -0.15) is 0 Å². The SMILES string of the molecule is C=C[C@@](C)(c1cccc([N+](=O)[O-])c1)[C@@H](C(=O)N(C)C)c1nc2ccccc2s1. The number of rotatable bonds is 6. The molecule has 0 aliphatic rings. The van der Waals surface area contributed by atoms with Gasteiger partial charge in [-0.25, -0.2) is 4.98 Å². The number of non-ortho nitro benzene ring substituents is 1. The highest BCUT2D eigenvalue weighted by atomic mass is 32.1. The van der Waals surface area contributed by atoms with Crippen LogP contribution in [0.15, 0.2) is 61.2 Å². The number of nitrogens with zero attached hydrogens (tertiary/aromatic N) is 3. The molecule has 1 heterocycles. The van der Waals surface area contributed by atoms with Crippen LogP contribution in [0.25, 0.3) is 10.2 Å². The van der Waals surface area contributed by atoms with Gasteiger partial charge in [0.15, 0.2) is 0 Å². The van der Waals surface area contributed by atoms with Crippen molar-refractivity contribution >= 4 is 33.1 Å². The highest BCUT2D eigenvalue weighted by Gasteiger charge is 2.42. The Morgan fingerprint density at radius 2 is 2.00 bits per heavy atom. The molecule has 0 unspecified atom stereocenters. The van der Waals surface area contributed by atoms with Crippen molar-refractivity contribution in [2.24, 2.45) is 0 Å². The van der Waals surface area contributed by atoms with E-state index < -0.39 is 16.3 Å². The number of hydrogen-bond acceptors (Lipinski definition) is 5. The molecule has 0 aliphatic carbocycles. The first-order valence-corrected chi connectivity index (χ1v) is 9.54. The minimum atomic E-state index is -0.874. The van der Waals surface area contributed by atoms with Crippen LogP contribution in [0.5, 0.6) is 0 Å². The van der Waals surface area contributed by atoms with Crippen LogP contribution in [0.3, 0.4) is 0 Å². The summed E-state index contributed by atoms with van der Waals surface area (Å²) in [5.74, 6) is -0.785. The van der Waals surface area contributed by atoms with Crippen molar-refractivity contribution < 1.29 is 9.72 Å². The first kappa shape index (κ1) is 19.7. The number of para-hydroxylation sites is 1. The van der Waals surface area contributed by atoms with Gasteiger partial charge in [0.1, 0.15) is 10.9 Å². The molecule has 2 aromatic carbocycles. The molecule has 0 fully saturated rings.